The summed E-state index contributed by atoms with van der Waals surface area (Å²) in [7, 11) is -3.52. The first-order valence-corrected chi connectivity index (χ1v) is 9.18. The van der Waals surface area contributed by atoms with Crippen LogP contribution in [0.5, 0.6) is 0 Å². The molecule has 0 aromatic carbocycles. The molecule has 1 aromatic rings. The smallest absolute Gasteiger partial charge is 0.407 e. The van der Waals surface area contributed by atoms with Gasteiger partial charge in [0.2, 0.25) is 10.0 Å². The first-order chi connectivity index (χ1) is 9.85. The number of alkyl carbamates (subject to hydrolysis) is 1. The highest BCUT2D eigenvalue weighted by Gasteiger charge is 2.20. The molecule has 6 nitrogen and oxygen atoms in total. The molecule has 0 aliphatic carbocycles. The highest BCUT2D eigenvalue weighted by molar-refractivity contribution is 7.91. The normalized spacial score (nSPS) is 13.1. The highest BCUT2D eigenvalue weighted by atomic mass is 32.2. The van der Waals surface area contributed by atoms with E-state index >= 15 is 0 Å². The predicted octanol–water partition coefficient (Wildman–Crippen LogP) is 2.19. The Morgan fingerprint density at radius 2 is 2.14 bits per heavy atom. The summed E-state index contributed by atoms with van der Waals surface area (Å²) in [5.41, 5.74) is 0. The summed E-state index contributed by atoms with van der Waals surface area (Å²) in [5.74, 6) is 0.322. The van der Waals surface area contributed by atoms with Crippen LogP contribution in [0.2, 0.25) is 0 Å². The van der Waals surface area contributed by atoms with Gasteiger partial charge in [0.1, 0.15) is 4.21 Å². The number of thiophene rings is 1. The fraction of sp³-hybridized carbons (Fsp3) is 0.615. The van der Waals surface area contributed by atoms with E-state index in [-0.39, 0.29) is 23.4 Å². The Bertz CT molecular complexity index is 526. The molecule has 0 fully saturated rings. The average molecular weight is 334 g/mol. The van der Waals surface area contributed by atoms with E-state index in [2.05, 4.69) is 10.0 Å². The Morgan fingerprint density at radius 3 is 2.67 bits per heavy atom. The van der Waals surface area contributed by atoms with Crippen LogP contribution >= 0.6 is 11.3 Å². The Morgan fingerprint density at radius 1 is 1.43 bits per heavy atom. The summed E-state index contributed by atoms with van der Waals surface area (Å²) < 4.78 is 31.7. The largest absolute Gasteiger partial charge is 0.450 e. The lowest BCUT2D eigenvalue weighted by molar-refractivity contribution is 0.146. The minimum atomic E-state index is -3.52. The first kappa shape index (κ1) is 17.9. The number of rotatable bonds is 8. The molecule has 1 aromatic heterocycles. The topological polar surface area (TPSA) is 84.5 Å². The van der Waals surface area contributed by atoms with Gasteiger partial charge in [-0.15, -0.1) is 11.3 Å². The molecule has 1 heterocycles. The maximum Gasteiger partial charge on any atom is 0.407 e. The lowest BCUT2D eigenvalue weighted by Crippen LogP contribution is -2.44. The Hall–Kier alpha value is -1.12. The summed E-state index contributed by atoms with van der Waals surface area (Å²) in [6.07, 6.45) is 0.129. The standard InChI is InChI=1S/C13H22N2O4S2/c1-4-19-13(16)15-11(8-10(2)3)9-14-21(17,18)12-6-5-7-20-12/h5-7,10-11,14H,4,8-9H2,1-3H3,(H,15,16)/t11-/m0/s1. The minimum absolute atomic E-state index is 0.136. The average Bonchev–Trinajstić information content (AvgIpc) is 2.90. The zero-order chi connectivity index (χ0) is 15.9. The molecule has 1 rings (SSSR count). The molecule has 1 atom stereocenters. The third kappa shape index (κ3) is 6.45. The van der Waals surface area contributed by atoms with Crippen LogP contribution in [0.15, 0.2) is 21.7 Å². The van der Waals surface area contributed by atoms with Crippen LogP contribution in [0.3, 0.4) is 0 Å². The molecule has 0 bridgehead atoms. The van der Waals surface area contributed by atoms with Gasteiger partial charge in [-0.3, -0.25) is 0 Å². The second kappa shape index (κ2) is 8.35. The van der Waals surface area contributed by atoms with Crippen molar-refractivity contribution in [1.29, 1.82) is 0 Å². The van der Waals surface area contributed by atoms with Gasteiger partial charge in [0.15, 0.2) is 0 Å². The van der Waals surface area contributed by atoms with Crippen molar-refractivity contribution in [3.05, 3.63) is 17.5 Å². The SMILES string of the molecule is CCOC(=O)N[C@H](CNS(=O)(=O)c1cccs1)CC(C)C. The molecule has 0 aliphatic heterocycles. The van der Waals surface area contributed by atoms with Crippen molar-refractivity contribution in [3.63, 3.8) is 0 Å². The maximum atomic E-state index is 12.1. The van der Waals surface area contributed by atoms with Crippen molar-refractivity contribution in [2.24, 2.45) is 5.92 Å². The van der Waals surface area contributed by atoms with Gasteiger partial charge in [-0.25, -0.2) is 17.9 Å². The summed E-state index contributed by atoms with van der Waals surface area (Å²) in [4.78, 5) is 11.5. The molecule has 0 saturated heterocycles. The van der Waals surface area contributed by atoms with Gasteiger partial charge < -0.3 is 10.1 Å². The second-order valence-electron chi connectivity index (χ2n) is 4.98. The van der Waals surface area contributed by atoms with Crippen molar-refractivity contribution in [1.82, 2.24) is 10.0 Å². The first-order valence-electron chi connectivity index (χ1n) is 6.81. The van der Waals surface area contributed by atoms with Crippen molar-refractivity contribution < 1.29 is 17.9 Å². The molecule has 1 amide bonds. The molecular weight excluding hydrogens is 312 g/mol. The molecule has 8 heteroatoms. The number of carbonyl (C=O) groups excluding carboxylic acids is 1. The fourth-order valence-corrected chi connectivity index (χ4v) is 3.92. The zero-order valence-corrected chi connectivity index (χ0v) is 14.1. The number of nitrogens with one attached hydrogen (secondary N) is 2. The van der Waals surface area contributed by atoms with Crippen molar-refractivity contribution >= 4 is 27.5 Å². The van der Waals surface area contributed by atoms with Crippen LogP contribution in [-0.4, -0.2) is 33.7 Å². The summed E-state index contributed by atoms with van der Waals surface area (Å²) in [6, 6.07) is 2.92. The fourth-order valence-electron chi connectivity index (χ4n) is 1.80. The van der Waals surface area contributed by atoms with Crippen LogP contribution in [0.1, 0.15) is 27.2 Å². The van der Waals surface area contributed by atoms with Crippen LogP contribution in [0.25, 0.3) is 0 Å². The number of carbonyl (C=O) groups is 1. The molecule has 120 valence electrons. The van der Waals surface area contributed by atoms with Crippen LogP contribution in [-0.2, 0) is 14.8 Å². The van der Waals surface area contributed by atoms with E-state index in [1.54, 1.807) is 24.4 Å². The van der Waals surface area contributed by atoms with Gasteiger partial charge >= 0.3 is 6.09 Å². The predicted molar refractivity (Wildman–Crippen MR) is 82.9 cm³/mol. The van der Waals surface area contributed by atoms with E-state index in [0.29, 0.717) is 12.3 Å². The molecule has 0 spiro atoms. The molecule has 0 aliphatic rings. The van der Waals surface area contributed by atoms with Crippen molar-refractivity contribution in [2.75, 3.05) is 13.2 Å². The minimum Gasteiger partial charge on any atom is -0.450 e. The quantitative estimate of drug-likeness (QED) is 0.763. The molecular formula is C13H22N2O4S2. The zero-order valence-electron chi connectivity index (χ0n) is 12.5. The van der Waals surface area contributed by atoms with E-state index in [9.17, 15) is 13.2 Å². The maximum absolute atomic E-state index is 12.1. The third-order valence-electron chi connectivity index (χ3n) is 2.63. The van der Waals surface area contributed by atoms with E-state index in [0.717, 1.165) is 11.3 Å². The van der Waals surface area contributed by atoms with Gasteiger partial charge in [0.05, 0.1) is 6.61 Å². The number of ether oxygens (including phenoxy) is 1. The van der Waals surface area contributed by atoms with Gasteiger partial charge in [0, 0.05) is 12.6 Å². The van der Waals surface area contributed by atoms with Gasteiger partial charge in [-0.1, -0.05) is 19.9 Å². The summed E-state index contributed by atoms with van der Waals surface area (Å²) in [6.45, 7) is 6.15. The van der Waals surface area contributed by atoms with E-state index in [4.69, 9.17) is 4.74 Å². The molecule has 0 unspecified atom stereocenters. The molecule has 21 heavy (non-hydrogen) atoms. The second-order valence-corrected chi connectivity index (χ2v) is 7.92. The Balaban J connectivity index is 2.62. The number of hydrogen-bond donors (Lipinski definition) is 2. The molecule has 0 radical (unpaired) electrons. The van der Waals surface area contributed by atoms with Gasteiger partial charge in [0.25, 0.3) is 0 Å². The lowest BCUT2D eigenvalue weighted by atomic mass is 10.0. The molecule has 2 N–H and O–H groups in total. The van der Waals surface area contributed by atoms with Crippen molar-refractivity contribution in [3.8, 4) is 0 Å². The highest BCUT2D eigenvalue weighted by Crippen LogP contribution is 2.15. The van der Waals surface area contributed by atoms with E-state index < -0.39 is 16.1 Å². The number of sulfonamides is 1. The van der Waals surface area contributed by atoms with Crippen molar-refractivity contribution in [2.45, 2.75) is 37.4 Å². The number of hydrogen-bond acceptors (Lipinski definition) is 5. The monoisotopic (exact) mass is 334 g/mol. The van der Waals surface area contributed by atoms with E-state index in [1.165, 1.54) is 0 Å². The Labute approximate surface area is 129 Å². The molecule has 0 saturated carbocycles. The number of amides is 1. The van der Waals surface area contributed by atoms with Gasteiger partial charge in [-0.05, 0) is 30.7 Å². The van der Waals surface area contributed by atoms with Crippen LogP contribution in [0, 0.1) is 5.92 Å². The summed E-state index contributed by atoms with van der Waals surface area (Å²) >= 11 is 1.15. The van der Waals surface area contributed by atoms with E-state index in [1.807, 2.05) is 13.8 Å². The Kier molecular flexibility index (Phi) is 7.13. The lowest BCUT2D eigenvalue weighted by Gasteiger charge is -2.20. The summed E-state index contributed by atoms with van der Waals surface area (Å²) in [5, 5.41) is 4.39. The van der Waals surface area contributed by atoms with Crippen LogP contribution in [0.4, 0.5) is 4.79 Å². The van der Waals surface area contributed by atoms with Gasteiger partial charge in [-0.2, -0.15) is 0 Å². The third-order valence-corrected chi connectivity index (χ3v) is 5.45. The van der Waals surface area contributed by atoms with Crippen LogP contribution < -0.4 is 10.0 Å².